The van der Waals surface area contributed by atoms with E-state index in [9.17, 15) is 4.79 Å². The number of pyridine rings is 1. The van der Waals surface area contributed by atoms with Crippen LogP contribution in [0.4, 0.5) is 0 Å². The molecule has 0 aliphatic heterocycles. The molecule has 0 unspecified atom stereocenters. The van der Waals surface area contributed by atoms with Crippen LogP contribution in [0.15, 0.2) is 48.8 Å². The lowest BCUT2D eigenvalue weighted by Gasteiger charge is -2.23. The first-order chi connectivity index (χ1) is 11.1. The monoisotopic (exact) mass is 312 g/mol. The molecule has 0 aliphatic carbocycles. The van der Waals surface area contributed by atoms with E-state index in [1.165, 1.54) is 0 Å². The second kappa shape index (κ2) is 8.32. The molecule has 0 saturated heterocycles. The summed E-state index contributed by atoms with van der Waals surface area (Å²) >= 11 is 0. The van der Waals surface area contributed by atoms with Gasteiger partial charge in [0.05, 0.1) is 7.11 Å². The maximum absolute atomic E-state index is 12.3. The van der Waals surface area contributed by atoms with Gasteiger partial charge in [-0.1, -0.05) is 38.1 Å². The number of rotatable bonds is 7. The molecule has 1 heterocycles. The van der Waals surface area contributed by atoms with Crippen LogP contribution in [0.5, 0.6) is 5.75 Å². The number of nitrogens with one attached hydrogen (secondary N) is 1. The summed E-state index contributed by atoms with van der Waals surface area (Å²) in [5, 5.41) is 2.97. The van der Waals surface area contributed by atoms with E-state index in [1.54, 1.807) is 19.5 Å². The van der Waals surface area contributed by atoms with Crippen molar-refractivity contribution in [1.82, 2.24) is 10.3 Å². The second-order valence-corrected chi connectivity index (χ2v) is 5.93. The number of hydrogen-bond donors (Lipinski definition) is 1. The Morgan fingerprint density at radius 3 is 2.65 bits per heavy atom. The molecule has 0 spiro atoms. The van der Waals surface area contributed by atoms with Crippen LogP contribution in [0.3, 0.4) is 0 Å². The zero-order valence-corrected chi connectivity index (χ0v) is 14.0. The van der Waals surface area contributed by atoms with Gasteiger partial charge in [0.25, 0.3) is 0 Å². The molecular weight excluding hydrogens is 288 g/mol. The van der Waals surface area contributed by atoms with Crippen molar-refractivity contribution in [3.05, 3.63) is 59.9 Å². The van der Waals surface area contributed by atoms with E-state index in [0.29, 0.717) is 18.9 Å². The van der Waals surface area contributed by atoms with Gasteiger partial charge in [0, 0.05) is 25.4 Å². The number of carbonyl (C=O) groups excluding carboxylic acids is 1. The van der Waals surface area contributed by atoms with Crippen molar-refractivity contribution in [1.29, 1.82) is 0 Å². The fraction of sp³-hybridized carbons (Fsp3) is 0.368. The minimum atomic E-state index is 0.0402. The first kappa shape index (κ1) is 17.0. The van der Waals surface area contributed by atoms with Crippen molar-refractivity contribution >= 4 is 5.91 Å². The SMILES string of the molecule is COc1ccccc1[C@H](CC(=O)NCc1cccnc1)C(C)C. The molecule has 1 N–H and O–H groups in total. The zero-order chi connectivity index (χ0) is 16.7. The van der Waals surface area contributed by atoms with Gasteiger partial charge < -0.3 is 10.1 Å². The normalized spacial score (nSPS) is 12.0. The third-order valence-electron chi connectivity index (χ3n) is 3.96. The number of amides is 1. The summed E-state index contributed by atoms with van der Waals surface area (Å²) in [7, 11) is 1.67. The molecule has 1 atom stereocenters. The molecule has 122 valence electrons. The van der Waals surface area contributed by atoms with Crippen LogP contribution in [-0.2, 0) is 11.3 Å². The Morgan fingerprint density at radius 1 is 1.22 bits per heavy atom. The van der Waals surface area contributed by atoms with Gasteiger partial charge in [0.15, 0.2) is 0 Å². The van der Waals surface area contributed by atoms with Crippen molar-refractivity contribution in [2.24, 2.45) is 5.92 Å². The third kappa shape index (κ3) is 4.81. The van der Waals surface area contributed by atoms with Gasteiger partial charge in [-0.25, -0.2) is 0 Å². The van der Waals surface area contributed by atoms with Gasteiger partial charge in [-0.05, 0) is 35.1 Å². The van der Waals surface area contributed by atoms with Gasteiger partial charge in [-0.3, -0.25) is 9.78 Å². The minimum Gasteiger partial charge on any atom is -0.496 e. The lowest BCUT2D eigenvalue weighted by Crippen LogP contribution is -2.26. The first-order valence-corrected chi connectivity index (χ1v) is 7.90. The van der Waals surface area contributed by atoms with Crippen LogP contribution >= 0.6 is 0 Å². The number of methoxy groups -OCH3 is 1. The highest BCUT2D eigenvalue weighted by molar-refractivity contribution is 5.77. The molecule has 1 amide bonds. The van der Waals surface area contributed by atoms with Gasteiger partial charge >= 0.3 is 0 Å². The van der Waals surface area contributed by atoms with Crippen molar-refractivity contribution in [2.45, 2.75) is 32.7 Å². The maximum Gasteiger partial charge on any atom is 0.220 e. The van der Waals surface area contributed by atoms with Crippen LogP contribution in [0.25, 0.3) is 0 Å². The molecule has 2 rings (SSSR count). The predicted octanol–water partition coefficient (Wildman–Crippen LogP) is 3.54. The van der Waals surface area contributed by atoms with Crippen molar-refractivity contribution in [3.63, 3.8) is 0 Å². The molecule has 0 saturated carbocycles. The fourth-order valence-corrected chi connectivity index (χ4v) is 2.65. The summed E-state index contributed by atoms with van der Waals surface area (Å²) in [6, 6.07) is 11.7. The molecule has 4 heteroatoms. The molecule has 2 aromatic rings. The molecule has 4 nitrogen and oxygen atoms in total. The summed E-state index contributed by atoms with van der Waals surface area (Å²) < 4.78 is 5.45. The Balaban J connectivity index is 2.03. The molecule has 0 aliphatic rings. The molecule has 23 heavy (non-hydrogen) atoms. The molecule has 1 aromatic heterocycles. The number of ether oxygens (including phenoxy) is 1. The Hall–Kier alpha value is -2.36. The van der Waals surface area contributed by atoms with Crippen molar-refractivity contribution in [2.75, 3.05) is 7.11 Å². The lowest BCUT2D eigenvalue weighted by atomic mass is 9.85. The Kier molecular flexibility index (Phi) is 6.15. The van der Waals surface area contributed by atoms with Gasteiger partial charge in [0.1, 0.15) is 5.75 Å². The van der Waals surface area contributed by atoms with E-state index in [0.717, 1.165) is 16.9 Å². The minimum absolute atomic E-state index is 0.0402. The van der Waals surface area contributed by atoms with Crippen LogP contribution in [0.1, 0.15) is 37.3 Å². The van der Waals surface area contributed by atoms with E-state index < -0.39 is 0 Å². The van der Waals surface area contributed by atoms with Gasteiger partial charge in [-0.15, -0.1) is 0 Å². The maximum atomic E-state index is 12.3. The van der Waals surface area contributed by atoms with Crippen molar-refractivity contribution in [3.8, 4) is 5.75 Å². The van der Waals surface area contributed by atoms with Crippen LogP contribution in [0.2, 0.25) is 0 Å². The zero-order valence-electron chi connectivity index (χ0n) is 14.0. The average molecular weight is 312 g/mol. The van der Waals surface area contributed by atoms with E-state index in [4.69, 9.17) is 4.74 Å². The fourth-order valence-electron chi connectivity index (χ4n) is 2.65. The topological polar surface area (TPSA) is 51.2 Å². The lowest BCUT2D eigenvalue weighted by molar-refractivity contribution is -0.121. The number of benzene rings is 1. The number of aromatic nitrogens is 1. The largest absolute Gasteiger partial charge is 0.496 e. The summed E-state index contributed by atoms with van der Waals surface area (Å²) in [6.45, 7) is 4.76. The molecule has 1 aromatic carbocycles. The summed E-state index contributed by atoms with van der Waals surface area (Å²) in [5.41, 5.74) is 2.08. The number of hydrogen-bond acceptors (Lipinski definition) is 3. The average Bonchev–Trinajstić information content (AvgIpc) is 2.58. The Bertz CT molecular complexity index is 626. The smallest absolute Gasteiger partial charge is 0.220 e. The van der Waals surface area contributed by atoms with E-state index in [-0.39, 0.29) is 11.8 Å². The quantitative estimate of drug-likeness (QED) is 0.851. The van der Waals surface area contributed by atoms with E-state index in [2.05, 4.69) is 24.1 Å². The molecule has 0 fully saturated rings. The van der Waals surface area contributed by atoms with E-state index >= 15 is 0 Å². The summed E-state index contributed by atoms with van der Waals surface area (Å²) in [6.07, 6.45) is 3.93. The highest BCUT2D eigenvalue weighted by atomic mass is 16.5. The molecular formula is C19H24N2O2. The second-order valence-electron chi connectivity index (χ2n) is 5.93. The van der Waals surface area contributed by atoms with Crippen LogP contribution < -0.4 is 10.1 Å². The molecule has 0 radical (unpaired) electrons. The highest BCUT2D eigenvalue weighted by Crippen LogP contribution is 2.34. The summed E-state index contributed by atoms with van der Waals surface area (Å²) in [4.78, 5) is 16.4. The highest BCUT2D eigenvalue weighted by Gasteiger charge is 2.22. The Morgan fingerprint density at radius 2 is 2.00 bits per heavy atom. The van der Waals surface area contributed by atoms with Gasteiger partial charge in [-0.2, -0.15) is 0 Å². The number of nitrogens with zero attached hydrogens (tertiary/aromatic N) is 1. The number of para-hydroxylation sites is 1. The van der Waals surface area contributed by atoms with Crippen LogP contribution in [0, 0.1) is 5.92 Å². The van der Waals surface area contributed by atoms with Gasteiger partial charge in [0.2, 0.25) is 5.91 Å². The summed E-state index contributed by atoms with van der Waals surface area (Å²) in [5.74, 6) is 1.35. The predicted molar refractivity (Wildman–Crippen MR) is 91.3 cm³/mol. The van der Waals surface area contributed by atoms with Crippen molar-refractivity contribution < 1.29 is 9.53 Å². The standard InChI is InChI=1S/C19H24N2O2/c1-14(2)17(16-8-4-5-9-18(16)23-3)11-19(22)21-13-15-7-6-10-20-12-15/h4-10,12,14,17H,11,13H2,1-3H3,(H,21,22)/t17-/m1/s1. The molecule has 0 bridgehead atoms. The van der Waals surface area contributed by atoms with Crippen LogP contribution in [-0.4, -0.2) is 18.0 Å². The first-order valence-electron chi connectivity index (χ1n) is 7.90. The number of carbonyl (C=O) groups is 1. The Labute approximate surface area is 137 Å². The van der Waals surface area contributed by atoms with E-state index in [1.807, 2.05) is 36.4 Å². The third-order valence-corrected chi connectivity index (χ3v) is 3.96.